The van der Waals surface area contributed by atoms with Crippen LogP contribution in [0.1, 0.15) is 65.3 Å². The molecule has 204 valence electrons. The van der Waals surface area contributed by atoms with Gasteiger partial charge in [-0.3, -0.25) is 4.79 Å². The summed E-state index contributed by atoms with van der Waals surface area (Å²) in [5, 5.41) is 30.2. The van der Waals surface area contributed by atoms with Gasteiger partial charge in [-0.05, 0) is 86.8 Å². The molecule has 0 fully saturated rings. The highest BCUT2D eigenvalue weighted by Crippen LogP contribution is 2.25. The molecule has 40 heavy (non-hydrogen) atoms. The third-order valence-corrected chi connectivity index (χ3v) is 5.85. The van der Waals surface area contributed by atoms with Crippen molar-refractivity contribution in [3.8, 4) is 11.8 Å². The molecule has 1 unspecified atom stereocenters. The maximum absolute atomic E-state index is 13.3. The number of ether oxygens (including phenoxy) is 1. The molecule has 0 saturated heterocycles. The Labute approximate surface area is 233 Å². The smallest absolute Gasteiger partial charge is 0.407 e. The summed E-state index contributed by atoms with van der Waals surface area (Å²) in [5.41, 5.74) is 3.95. The van der Waals surface area contributed by atoms with Gasteiger partial charge in [-0.25, -0.2) is 9.48 Å². The van der Waals surface area contributed by atoms with Gasteiger partial charge < -0.3 is 20.5 Å². The Morgan fingerprint density at radius 2 is 1.73 bits per heavy atom. The zero-order valence-corrected chi connectivity index (χ0v) is 22.8. The van der Waals surface area contributed by atoms with E-state index in [0.29, 0.717) is 39.5 Å². The molecule has 1 atom stereocenters. The van der Waals surface area contributed by atoms with Crippen LogP contribution in [0, 0.1) is 18.3 Å². The van der Waals surface area contributed by atoms with Crippen LogP contribution in [0.5, 0.6) is 0 Å². The predicted octanol–water partition coefficient (Wildman–Crippen LogP) is 5.41. The predicted molar refractivity (Wildman–Crippen MR) is 151 cm³/mol. The molecule has 9 heteroatoms. The Kier molecular flexibility index (Phi) is 8.31. The molecule has 9 nitrogen and oxygen atoms in total. The number of nitriles is 1. The molecule has 2 amide bonds. The number of aryl methyl sites for hydroxylation is 1. The molecule has 0 aliphatic heterocycles. The van der Waals surface area contributed by atoms with E-state index in [4.69, 9.17) is 10.00 Å². The summed E-state index contributed by atoms with van der Waals surface area (Å²) < 4.78 is 6.84. The number of benzene rings is 3. The third-order valence-electron chi connectivity index (χ3n) is 5.85. The molecule has 0 radical (unpaired) electrons. The van der Waals surface area contributed by atoms with Crippen LogP contribution in [0.25, 0.3) is 5.69 Å². The fourth-order valence-electron chi connectivity index (χ4n) is 4.10. The number of aliphatic hydroxyl groups excluding tert-OH is 1. The van der Waals surface area contributed by atoms with Gasteiger partial charge in [0, 0.05) is 12.2 Å². The monoisotopic (exact) mass is 537 g/mol. The van der Waals surface area contributed by atoms with Gasteiger partial charge in [0.05, 0.1) is 23.0 Å². The van der Waals surface area contributed by atoms with E-state index in [1.54, 1.807) is 87.0 Å². The molecular weight excluding hydrogens is 506 g/mol. The van der Waals surface area contributed by atoms with Crippen LogP contribution in [-0.4, -0.2) is 32.5 Å². The second-order valence-electron chi connectivity index (χ2n) is 10.3. The third kappa shape index (κ3) is 7.12. The molecule has 1 heterocycles. The summed E-state index contributed by atoms with van der Waals surface area (Å²) in [6, 6.07) is 24.8. The lowest BCUT2D eigenvalue weighted by atomic mass is 9.99. The normalized spacial score (nSPS) is 11.8. The number of nitrogens with one attached hydrogen (secondary N) is 2. The molecule has 0 bridgehead atoms. The summed E-state index contributed by atoms with van der Waals surface area (Å²) in [6.07, 6.45) is -1.48. The number of hydrogen-bond acceptors (Lipinski definition) is 6. The molecule has 1 aromatic heterocycles. The van der Waals surface area contributed by atoms with Crippen LogP contribution in [0.2, 0.25) is 0 Å². The fraction of sp³-hybridized carbons (Fsp3) is 0.226. The van der Waals surface area contributed by atoms with E-state index in [1.165, 1.54) is 0 Å². The van der Waals surface area contributed by atoms with E-state index in [2.05, 4.69) is 21.8 Å². The lowest BCUT2D eigenvalue weighted by Gasteiger charge is -2.19. The van der Waals surface area contributed by atoms with E-state index in [1.807, 2.05) is 24.3 Å². The van der Waals surface area contributed by atoms with Crippen molar-refractivity contribution in [2.45, 2.75) is 45.9 Å². The first-order valence-corrected chi connectivity index (χ1v) is 12.7. The molecule has 0 aliphatic rings. The van der Waals surface area contributed by atoms with Crippen LogP contribution >= 0.6 is 0 Å². The Morgan fingerprint density at radius 1 is 1.02 bits per heavy atom. The number of alkyl carbamates (subject to hydrolysis) is 1. The van der Waals surface area contributed by atoms with Crippen molar-refractivity contribution < 1.29 is 19.4 Å². The zero-order valence-electron chi connectivity index (χ0n) is 22.8. The Balaban J connectivity index is 1.51. The number of anilines is 1. The Morgan fingerprint density at radius 3 is 2.45 bits per heavy atom. The molecule has 3 N–H and O–H groups in total. The number of carbonyl (C=O) groups is 2. The summed E-state index contributed by atoms with van der Waals surface area (Å²) in [5.74, 6) is -0.379. The van der Waals surface area contributed by atoms with Crippen molar-refractivity contribution in [1.29, 1.82) is 5.26 Å². The first-order chi connectivity index (χ1) is 19.0. The van der Waals surface area contributed by atoms with Crippen LogP contribution in [0.15, 0.2) is 78.9 Å². The standard InChI is InChI=1S/C31H31N5O4/c1-20-14-27(36(35-20)26-13-6-9-22(16-26)19-33-30(39)40-31(2,3)4)29(38)34-25-12-7-11-24(17-25)28(37)23-10-5-8-21(15-23)18-32/h5-17,28,37H,19H2,1-4H3,(H,33,39)(H,34,38). The van der Waals surface area contributed by atoms with Gasteiger partial charge >= 0.3 is 6.09 Å². The first kappa shape index (κ1) is 28.1. The van der Waals surface area contributed by atoms with E-state index in [-0.39, 0.29) is 12.5 Å². The average Bonchev–Trinajstić information content (AvgIpc) is 3.33. The minimum Gasteiger partial charge on any atom is -0.444 e. The molecule has 0 saturated carbocycles. The first-order valence-electron chi connectivity index (χ1n) is 12.7. The maximum atomic E-state index is 13.3. The van der Waals surface area contributed by atoms with Gasteiger partial charge in [-0.2, -0.15) is 10.4 Å². The van der Waals surface area contributed by atoms with E-state index in [9.17, 15) is 14.7 Å². The fourth-order valence-corrected chi connectivity index (χ4v) is 4.10. The van der Waals surface area contributed by atoms with Gasteiger partial charge in [0.1, 0.15) is 17.4 Å². The molecular formula is C31H31N5O4. The SMILES string of the molecule is Cc1cc(C(=O)Nc2cccc(C(O)c3cccc(C#N)c3)c2)n(-c2cccc(CNC(=O)OC(C)(C)C)c2)n1. The van der Waals surface area contributed by atoms with E-state index >= 15 is 0 Å². The van der Waals surface area contributed by atoms with Crippen molar-refractivity contribution in [2.24, 2.45) is 0 Å². The number of rotatable bonds is 7. The number of carbonyl (C=O) groups excluding carboxylic acids is 2. The van der Waals surface area contributed by atoms with Crippen molar-refractivity contribution in [3.63, 3.8) is 0 Å². The minimum atomic E-state index is -0.963. The van der Waals surface area contributed by atoms with Gasteiger partial charge in [-0.15, -0.1) is 0 Å². The molecule has 4 rings (SSSR count). The van der Waals surface area contributed by atoms with Crippen LogP contribution < -0.4 is 10.6 Å². The topological polar surface area (TPSA) is 129 Å². The van der Waals surface area contributed by atoms with Crippen molar-refractivity contribution >= 4 is 17.7 Å². The van der Waals surface area contributed by atoms with Crippen LogP contribution in [0.4, 0.5) is 10.5 Å². The van der Waals surface area contributed by atoms with E-state index < -0.39 is 17.8 Å². The number of aromatic nitrogens is 2. The molecule has 4 aromatic rings. The Bertz CT molecular complexity index is 1580. The van der Waals surface area contributed by atoms with Crippen molar-refractivity contribution in [3.05, 3.63) is 113 Å². The summed E-state index contributed by atoms with van der Waals surface area (Å²) >= 11 is 0. The van der Waals surface area contributed by atoms with Gasteiger partial charge in [0.2, 0.25) is 0 Å². The molecule has 3 aromatic carbocycles. The lowest BCUT2D eigenvalue weighted by molar-refractivity contribution is 0.0523. The van der Waals surface area contributed by atoms with Crippen LogP contribution in [-0.2, 0) is 11.3 Å². The zero-order chi connectivity index (χ0) is 28.9. The molecule has 0 aliphatic carbocycles. The highest BCUT2D eigenvalue weighted by Gasteiger charge is 2.19. The summed E-state index contributed by atoms with van der Waals surface area (Å²) in [7, 11) is 0. The number of hydrogen-bond donors (Lipinski definition) is 3. The second kappa shape index (κ2) is 11.8. The van der Waals surface area contributed by atoms with Gasteiger partial charge in [-0.1, -0.05) is 36.4 Å². The van der Waals surface area contributed by atoms with Crippen LogP contribution in [0.3, 0.4) is 0 Å². The number of aliphatic hydroxyl groups is 1. The summed E-state index contributed by atoms with van der Waals surface area (Å²) in [4.78, 5) is 25.4. The quantitative estimate of drug-likeness (QED) is 0.289. The van der Waals surface area contributed by atoms with Gasteiger partial charge in [0.15, 0.2) is 0 Å². The van der Waals surface area contributed by atoms with Crippen molar-refractivity contribution in [2.75, 3.05) is 5.32 Å². The number of amides is 2. The minimum absolute atomic E-state index is 0.247. The number of nitrogens with zero attached hydrogens (tertiary/aromatic N) is 3. The van der Waals surface area contributed by atoms with Crippen molar-refractivity contribution in [1.82, 2.24) is 15.1 Å². The average molecular weight is 538 g/mol. The molecule has 0 spiro atoms. The van der Waals surface area contributed by atoms with E-state index in [0.717, 1.165) is 5.56 Å². The lowest BCUT2D eigenvalue weighted by Crippen LogP contribution is -2.32. The highest BCUT2D eigenvalue weighted by molar-refractivity contribution is 6.03. The summed E-state index contributed by atoms with van der Waals surface area (Å²) in [6.45, 7) is 7.44. The van der Waals surface area contributed by atoms with Gasteiger partial charge in [0.25, 0.3) is 5.91 Å². The largest absolute Gasteiger partial charge is 0.444 e. The maximum Gasteiger partial charge on any atom is 0.407 e. The second-order valence-corrected chi connectivity index (χ2v) is 10.3. The highest BCUT2D eigenvalue weighted by atomic mass is 16.6. The Hall–Kier alpha value is -4.94.